The van der Waals surface area contributed by atoms with Crippen LogP contribution < -0.4 is 0 Å². The molecule has 0 aromatic carbocycles. The van der Waals surface area contributed by atoms with Crippen molar-refractivity contribution in [2.45, 2.75) is 32.4 Å². The van der Waals surface area contributed by atoms with Gasteiger partial charge in [-0.15, -0.1) is 0 Å². The number of carbonyl (C=O) groups is 1. The lowest BCUT2D eigenvalue weighted by atomic mass is 9.86. The Morgan fingerprint density at radius 3 is 2.41 bits per heavy atom. The summed E-state index contributed by atoms with van der Waals surface area (Å²) in [6, 6.07) is 0. The zero-order valence-electron chi connectivity index (χ0n) is 13.0. The number of rotatable bonds is 8. The first kappa shape index (κ1) is 19.5. The molecule has 0 bridgehead atoms. The zero-order chi connectivity index (χ0) is 16.8. The first-order chi connectivity index (χ1) is 10.3. The zero-order valence-corrected chi connectivity index (χ0v) is 13.9. The molecule has 1 saturated heterocycles. The highest BCUT2D eigenvalue weighted by Crippen LogP contribution is 2.64. The lowest BCUT2D eigenvalue weighted by molar-refractivity contribution is -0.154. The van der Waals surface area contributed by atoms with Crippen LogP contribution in [0.4, 0.5) is 8.78 Å². The molecule has 0 aliphatic carbocycles. The summed E-state index contributed by atoms with van der Waals surface area (Å²) < 4.78 is 60.5. The molecule has 1 heterocycles. The molecule has 1 aliphatic heterocycles. The van der Waals surface area contributed by atoms with Crippen molar-refractivity contribution in [1.82, 2.24) is 0 Å². The van der Waals surface area contributed by atoms with Crippen LogP contribution in [0, 0.1) is 11.8 Å². The van der Waals surface area contributed by atoms with Crippen molar-refractivity contribution >= 4 is 13.6 Å². The van der Waals surface area contributed by atoms with Gasteiger partial charge in [0.25, 0.3) is 0 Å². The second-order valence-electron chi connectivity index (χ2n) is 4.96. The summed E-state index contributed by atoms with van der Waals surface area (Å²) in [6.07, 6.45) is -0.513. The van der Waals surface area contributed by atoms with Crippen LogP contribution >= 0.6 is 7.60 Å². The molecule has 0 N–H and O–H groups in total. The Morgan fingerprint density at radius 2 is 1.91 bits per heavy atom. The van der Waals surface area contributed by atoms with Gasteiger partial charge in [-0.25, -0.2) is 0 Å². The number of carbonyl (C=O) groups excluding carboxylic acids is 1. The number of hydrogen-bond donors (Lipinski definition) is 0. The topological polar surface area (TPSA) is 71.1 Å². The number of esters is 1. The first-order valence-electron chi connectivity index (χ1n) is 7.24. The van der Waals surface area contributed by atoms with Gasteiger partial charge in [-0.05, 0) is 26.2 Å². The van der Waals surface area contributed by atoms with E-state index in [0.29, 0.717) is 0 Å². The van der Waals surface area contributed by atoms with Crippen LogP contribution in [0.5, 0.6) is 0 Å². The standard InChI is InChI=1S/C13H23F2O6P/c1-4-20-22(17,21-5-2)13(14,15)8-10-6-7-19-9-11(10)12(16)18-3/h10-11H,4-9H2,1-3H3/t10-,11+/m1/s1. The van der Waals surface area contributed by atoms with Gasteiger partial charge in [-0.1, -0.05) is 0 Å². The Bertz CT molecular complexity index is 407. The van der Waals surface area contributed by atoms with Crippen LogP contribution in [0.3, 0.4) is 0 Å². The number of alkyl halides is 2. The summed E-state index contributed by atoms with van der Waals surface area (Å²) in [7, 11) is -3.39. The molecule has 0 amide bonds. The highest BCUT2D eigenvalue weighted by Gasteiger charge is 2.55. The predicted molar refractivity (Wildman–Crippen MR) is 74.9 cm³/mol. The molecule has 0 unspecified atom stereocenters. The minimum atomic E-state index is -4.58. The van der Waals surface area contributed by atoms with E-state index in [4.69, 9.17) is 13.8 Å². The molecule has 1 fully saturated rings. The second-order valence-corrected chi connectivity index (χ2v) is 7.12. The third-order valence-electron chi connectivity index (χ3n) is 3.51. The third-order valence-corrected chi connectivity index (χ3v) is 5.69. The average Bonchev–Trinajstić information content (AvgIpc) is 2.47. The molecule has 1 aliphatic rings. The second kappa shape index (κ2) is 8.34. The van der Waals surface area contributed by atoms with E-state index in [1.165, 1.54) is 21.0 Å². The third kappa shape index (κ3) is 4.47. The van der Waals surface area contributed by atoms with E-state index in [9.17, 15) is 18.1 Å². The summed E-state index contributed by atoms with van der Waals surface area (Å²) in [4.78, 5) is 11.7. The van der Waals surface area contributed by atoms with E-state index < -0.39 is 37.5 Å². The lowest BCUT2D eigenvalue weighted by Crippen LogP contribution is -2.38. The molecular weight excluding hydrogens is 321 g/mol. The fraction of sp³-hybridized carbons (Fsp3) is 0.923. The molecule has 2 atom stereocenters. The predicted octanol–water partition coefficient (Wildman–Crippen LogP) is 3.06. The summed E-state index contributed by atoms with van der Waals surface area (Å²) in [5, 5.41) is 0. The van der Waals surface area contributed by atoms with Crippen molar-refractivity contribution < 1.29 is 36.7 Å². The first-order valence-corrected chi connectivity index (χ1v) is 8.78. The van der Waals surface area contributed by atoms with Gasteiger partial charge in [0.1, 0.15) is 0 Å². The maximum absolute atomic E-state index is 14.5. The van der Waals surface area contributed by atoms with Gasteiger partial charge in [-0.2, -0.15) is 8.78 Å². The smallest absolute Gasteiger partial charge is 0.399 e. The van der Waals surface area contributed by atoms with Gasteiger partial charge in [0, 0.05) is 13.0 Å². The molecule has 0 radical (unpaired) electrons. The van der Waals surface area contributed by atoms with E-state index >= 15 is 0 Å². The van der Waals surface area contributed by atoms with E-state index in [-0.39, 0.29) is 32.8 Å². The van der Waals surface area contributed by atoms with Crippen LogP contribution in [-0.2, 0) is 27.9 Å². The van der Waals surface area contributed by atoms with Crippen LogP contribution in [-0.4, -0.2) is 45.2 Å². The van der Waals surface area contributed by atoms with E-state index in [0.717, 1.165) is 0 Å². The molecule has 6 nitrogen and oxygen atoms in total. The van der Waals surface area contributed by atoms with E-state index in [2.05, 4.69) is 4.74 Å². The Labute approximate surface area is 129 Å². The van der Waals surface area contributed by atoms with Gasteiger partial charge in [0.05, 0.1) is 32.8 Å². The minimum absolute atomic E-state index is 0.0149. The number of halogens is 2. The molecule has 22 heavy (non-hydrogen) atoms. The highest BCUT2D eigenvalue weighted by atomic mass is 31.2. The SMILES string of the molecule is CCOP(=O)(OCC)C(F)(F)C[C@H]1CCOC[C@@H]1C(=O)OC. The maximum atomic E-state index is 14.5. The fourth-order valence-corrected chi connectivity index (χ4v) is 4.02. The quantitative estimate of drug-likeness (QED) is 0.498. The van der Waals surface area contributed by atoms with E-state index in [1.54, 1.807) is 0 Å². The van der Waals surface area contributed by atoms with Crippen LogP contribution in [0.15, 0.2) is 0 Å². The Morgan fingerprint density at radius 1 is 1.32 bits per heavy atom. The van der Waals surface area contributed by atoms with Crippen molar-refractivity contribution in [2.75, 3.05) is 33.5 Å². The van der Waals surface area contributed by atoms with Gasteiger partial charge < -0.3 is 18.5 Å². The summed E-state index contributed by atoms with van der Waals surface area (Å²) in [5.41, 5.74) is -3.67. The summed E-state index contributed by atoms with van der Waals surface area (Å²) in [5.74, 6) is -2.12. The van der Waals surface area contributed by atoms with Crippen LogP contribution in [0.1, 0.15) is 26.7 Å². The number of hydrogen-bond acceptors (Lipinski definition) is 6. The molecule has 130 valence electrons. The van der Waals surface area contributed by atoms with Crippen LogP contribution in [0.25, 0.3) is 0 Å². The summed E-state index contributed by atoms with van der Waals surface area (Å²) >= 11 is 0. The monoisotopic (exact) mass is 344 g/mol. The molecule has 0 aromatic heterocycles. The summed E-state index contributed by atoms with van der Waals surface area (Å²) in [6.45, 7) is 2.91. The van der Waals surface area contributed by atoms with Gasteiger partial charge in [0.2, 0.25) is 0 Å². The van der Waals surface area contributed by atoms with Crippen LogP contribution in [0.2, 0.25) is 0 Å². The molecule has 9 heteroatoms. The molecule has 0 saturated carbocycles. The molecular formula is C13H23F2O6P. The Balaban J connectivity index is 2.91. The molecule has 0 aromatic rings. The minimum Gasteiger partial charge on any atom is -0.469 e. The largest absolute Gasteiger partial charge is 0.469 e. The highest BCUT2D eigenvalue weighted by molar-refractivity contribution is 7.55. The Kier molecular flexibility index (Phi) is 7.38. The lowest BCUT2D eigenvalue weighted by Gasteiger charge is -2.34. The normalized spacial score (nSPS) is 23.3. The van der Waals surface area contributed by atoms with Crippen molar-refractivity contribution in [1.29, 1.82) is 0 Å². The Hall–Kier alpha value is -0.560. The van der Waals surface area contributed by atoms with Crippen molar-refractivity contribution in [3.05, 3.63) is 0 Å². The van der Waals surface area contributed by atoms with E-state index in [1.807, 2.05) is 0 Å². The van der Waals surface area contributed by atoms with Gasteiger partial charge in [-0.3, -0.25) is 9.36 Å². The number of methoxy groups -OCH3 is 1. The van der Waals surface area contributed by atoms with Gasteiger partial charge >= 0.3 is 19.2 Å². The fourth-order valence-electron chi connectivity index (χ4n) is 2.43. The van der Waals surface area contributed by atoms with Crippen molar-refractivity contribution in [2.24, 2.45) is 11.8 Å². The molecule has 1 rings (SSSR count). The van der Waals surface area contributed by atoms with Gasteiger partial charge in [0.15, 0.2) is 0 Å². The average molecular weight is 344 g/mol. The maximum Gasteiger partial charge on any atom is 0.399 e. The van der Waals surface area contributed by atoms with Crippen molar-refractivity contribution in [3.8, 4) is 0 Å². The number of ether oxygens (including phenoxy) is 2. The van der Waals surface area contributed by atoms with Crippen molar-refractivity contribution in [3.63, 3.8) is 0 Å². The molecule has 0 spiro atoms.